The molecular weight excluding hydrogens is 216 g/mol. The first kappa shape index (κ1) is 17.7. The lowest BCUT2D eigenvalue weighted by Crippen LogP contribution is -1.95. The molecule has 0 aromatic carbocycles. The average molecular weight is 252 g/mol. The maximum Gasteiger partial charge on any atom is -0.0353 e. The summed E-state index contributed by atoms with van der Waals surface area (Å²) in [6, 6.07) is 0. The molecule has 1 unspecified atom stereocenters. The standard InChI is InChI=1S/C18H36/c1-4-6-8-10-12-14-16-18(3)17-15-13-11-9-7-5-2/h4,18H,1,5-17H2,2-3H3. The van der Waals surface area contributed by atoms with Crippen molar-refractivity contribution in [3.05, 3.63) is 12.7 Å². The van der Waals surface area contributed by atoms with Crippen molar-refractivity contribution < 1.29 is 0 Å². The summed E-state index contributed by atoms with van der Waals surface area (Å²) in [5.74, 6) is 0.954. The van der Waals surface area contributed by atoms with E-state index in [0.717, 1.165) is 5.92 Å². The van der Waals surface area contributed by atoms with Crippen LogP contribution in [0.5, 0.6) is 0 Å². The van der Waals surface area contributed by atoms with Gasteiger partial charge in [0, 0.05) is 0 Å². The maximum absolute atomic E-state index is 3.77. The number of unbranched alkanes of at least 4 members (excludes halogenated alkanes) is 9. The van der Waals surface area contributed by atoms with Crippen molar-refractivity contribution in [1.82, 2.24) is 0 Å². The molecule has 0 saturated carbocycles. The van der Waals surface area contributed by atoms with Crippen LogP contribution < -0.4 is 0 Å². The zero-order valence-electron chi connectivity index (χ0n) is 13.1. The van der Waals surface area contributed by atoms with E-state index in [1.807, 2.05) is 6.08 Å². The zero-order valence-corrected chi connectivity index (χ0v) is 13.1. The summed E-state index contributed by atoms with van der Waals surface area (Å²) < 4.78 is 0. The topological polar surface area (TPSA) is 0 Å². The second kappa shape index (κ2) is 14.8. The highest BCUT2D eigenvalue weighted by Crippen LogP contribution is 2.18. The van der Waals surface area contributed by atoms with Crippen molar-refractivity contribution >= 4 is 0 Å². The van der Waals surface area contributed by atoms with Crippen molar-refractivity contribution in [1.29, 1.82) is 0 Å². The summed E-state index contributed by atoms with van der Waals surface area (Å²) in [5.41, 5.74) is 0. The van der Waals surface area contributed by atoms with Gasteiger partial charge in [-0.15, -0.1) is 6.58 Å². The highest BCUT2D eigenvalue weighted by atomic mass is 14.1. The molecule has 0 heterocycles. The Labute approximate surface area is 116 Å². The summed E-state index contributed by atoms with van der Waals surface area (Å²) in [6.07, 6.45) is 20.4. The predicted octanol–water partition coefficient (Wildman–Crippen LogP) is 6.90. The molecule has 1 atom stereocenters. The van der Waals surface area contributed by atoms with Crippen LogP contribution >= 0.6 is 0 Å². The van der Waals surface area contributed by atoms with Gasteiger partial charge in [0.15, 0.2) is 0 Å². The van der Waals surface area contributed by atoms with Crippen LogP contribution in [-0.2, 0) is 0 Å². The summed E-state index contributed by atoms with van der Waals surface area (Å²) >= 11 is 0. The second-order valence-electron chi connectivity index (χ2n) is 5.94. The van der Waals surface area contributed by atoms with Crippen molar-refractivity contribution in [2.24, 2.45) is 5.92 Å². The molecule has 0 N–H and O–H groups in total. The second-order valence-corrected chi connectivity index (χ2v) is 5.94. The monoisotopic (exact) mass is 252 g/mol. The van der Waals surface area contributed by atoms with Crippen LogP contribution in [0.15, 0.2) is 12.7 Å². The summed E-state index contributed by atoms with van der Waals surface area (Å²) in [4.78, 5) is 0. The summed E-state index contributed by atoms with van der Waals surface area (Å²) in [6.45, 7) is 8.50. The van der Waals surface area contributed by atoms with Crippen LogP contribution in [0.3, 0.4) is 0 Å². The van der Waals surface area contributed by atoms with Crippen LogP contribution in [0.2, 0.25) is 0 Å². The first-order valence-corrected chi connectivity index (χ1v) is 8.42. The third kappa shape index (κ3) is 13.8. The summed E-state index contributed by atoms with van der Waals surface area (Å²) in [7, 11) is 0. The Morgan fingerprint density at radius 2 is 1.28 bits per heavy atom. The number of allylic oxidation sites excluding steroid dienone is 1. The normalized spacial score (nSPS) is 12.6. The van der Waals surface area contributed by atoms with Gasteiger partial charge < -0.3 is 0 Å². The fraction of sp³-hybridized carbons (Fsp3) is 0.889. The molecule has 108 valence electrons. The Hall–Kier alpha value is -0.260. The smallest absolute Gasteiger partial charge is 0.0353 e. The Bertz CT molecular complexity index is 159. The molecule has 0 rings (SSSR count). The maximum atomic E-state index is 3.77. The first-order valence-electron chi connectivity index (χ1n) is 8.42. The molecule has 0 aliphatic rings. The van der Waals surface area contributed by atoms with Crippen LogP contribution in [0, 0.1) is 5.92 Å². The van der Waals surface area contributed by atoms with Gasteiger partial charge in [0.1, 0.15) is 0 Å². The van der Waals surface area contributed by atoms with Crippen molar-refractivity contribution in [3.8, 4) is 0 Å². The van der Waals surface area contributed by atoms with E-state index in [-0.39, 0.29) is 0 Å². The van der Waals surface area contributed by atoms with Gasteiger partial charge >= 0.3 is 0 Å². The molecule has 0 nitrogen and oxygen atoms in total. The molecule has 0 aromatic heterocycles. The van der Waals surface area contributed by atoms with Gasteiger partial charge in [-0.1, -0.05) is 90.6 Å². The lowest BCUT2D eigenvalue weighted by atomic mass is 9.96. The number of hydrogen-bond acceptors (Lipinski definition) is 0. The van der Waals surface area contributed by atoms with E-state index in [2.05, 4.69) is 20.4 Å². The SMILES string of the molecule is C=CCCCCCCC(C)CCCCCCCC. The molecule has 0 aliphatic heterocycles. The highest BCUT2D eigenvalue weighted by Gasteiger charge is 2.01. The molecule has 0 aliphatic carbocycles. The minimum atomic E-state index is 0.954. The Morgan fingerprint density at radius 3 is 1.83 bits per heavy atom. The molecule has 18 heavy (non-hydrogen) atoms. The first-order chi connectivity index (χ1) is 8.81. The molecule has 0 fully saturated rings. The predicted molar refractivity (Wildman–Crippen MR) is 85.1 cm³/mol. The van der Waals surface area contributed by atoms with Crippen LogP contribution in [0.25, 0.3) is 0 Å². The Balaban J connectivity index is 3.12. The summed E-state index contributed by atoms with van der Waals surface area (Å²) in [5, 5.41) is 0. The fourth-order valence-corrected chi connectivity index (χ4v) is 2.55. The molecule has 0 spiro atoms. The molecule has 0 radical (unpaired) electrons. The van der Waals surface area contributed by atoms with E-state index in [9.17, 15) is 0 Å². The van der Waals surface area contributed by atoms with Crippen LogP contribution in [-0.4, -0.2) is 0 Å². The van der Waals surface area contributed by atoms with Gasteiger partial charge in [0.05, 0.1) is 0 Å². The minimum Gasteiger partial charge on any atom is -0.103 e. The fourth-order valence-electron chi connectivity index (χ4n) is 2.55. The van der Waals surface area contributed by atoms with Gasteiger partial charge in [0.25, 0.3) is 0 Å². The molecule has 0 aromatic rings. The van der Waals surface area contributed by atoms with Gasteiger partial charge in [-0.2, -0.15) is 0 Å². The van der Waals surface area contributed by atoms with Crippen molar-refractivity contribution in [3.63, 3.8) is 0 Å². The largest absolute Gasteiger partial charge is 0.103 e. The van der Waals surface area contributed by atoms with E-state index in [1.54, 1.807) is 0 Å². The molecule has 0 saturated heterocycles. The van der Waals surface area contributed by atoms with E-state index in [4.69, 9.17) is 0 Å². The molecule has 0 heteroatoms. The van der Waals surface area contributed by atoms with E-state index < -0.39 is 0 Å². The van der Waals surface area contributed by atoms with Crippen molar-refractivity contribution in [2.75, 3.05) is 0 Å². The van der Waals surface area contributed by atoms with Crippen LogP contribution in [0.4, 0.5) is 0 Å². The number of hydrogen-bond donors (Lipinski definition) is 0. The van der Waals surface area contributed by atoms with E-state index in [1.165, 1.54) is 83.5 Å². The average Bonchev–Trinajstić information content (AvgIpc) is 2.38. The molecular formula is C18H36. The van der Waals surface area contributed by atoms with Crippen molar-refractivity contribution in [2.45, 2.75) is 97.3 Å². The lowest BCUT2D eigenvalue weighted by molar-refractivity contribution is 0.433. The zero-order chi connectivity index (χ0) is 13.5. The van der Waals surface area contributed by atoms with Gasteiger partial charge in [0.2, 0.25) is 0 Å². The van der Waals surface area contributed by atoms with E-state index >= 15 is 0 Å². The van der Waals surface area contributed by atoms with Gasteiger partial charge in [-0.25, -0.2) is 0 Å². The van der Waals surface area contributed by atoms with Gasteiger partial charge in [-0.3, -0.25) is 0 Å². The molecule has 0 amide bonds. The quantitative estimate of drug-likeness (QED) is 0.233. The number of rotatable bonds is 14. The van der Waals surface area contributed by atoms with Gasteiger partial charge in [-0.05, 0) is 18.8 Å². The minimum absolute atomic E-state index is 0.954. The third-order valence-corrected chi connectivity index (χ3v) is 3.91. The van der Waals surface area contributed by atoms with Crippen LogP contribution in [0.1, 0.15) is 97.3 Å². The Morgan fingerprint density at radius 1 is 0.778 bits per heavy atom. The Kier molecular flexibility index (Phi) is 14.6. The molecule has 0 bridgehead atoms. The lowest BCUT2D eigenvalue weighted by Gasteiger charge is -2.10. The highest BCUT2D eigenvalue weighted by molar-refractivity contribution is 4.65. The third-order valence-electron chi connectivity index (χ3n) is 3.91. The van der Waals surface area contributed by atoms with E-state index in [0.29, 0.717) is 0 Å².